The van der Waals surface area contributed by atoms with Crippen LogP contribution in [0.1, 0.15) is 0 Å². The second-order valence-corrected chi connectivity index (χ2v) is 9.64. The molecule has 0 fully saturated rings. The molecular weight excluding hydrogens is 462 g/mol. The molecule has 0 saturated heterocycles. The van der Waals surface area contributed by atoms with Crippen molar-refractivity contribution < 1.29 is 0 Å². The first kappa shape index (κ1) is 21.0. The van der Waals surface area contributed by atoms with Crippen LogP contribution in [0, 0.1) is 0 Å². The fourth-order valence-electron chi connectivity index (χ4n) is 6.02. The van der Waals surface area contributed by atoms with Crippen LogP contribution in [0.2, 0.25) is 0 Å². The van der Waals surface area contributed by atoms with Crippen LogP contribution in [-0.2, 0) is 0 Å². The van der Waals surface area contributed by atoms with E-state index in [9.17, 15) is 0 Å². The summed E-state index contributed by atoms with van der Waals surface area (Å²) >= 11 is 0. The van der Waals surface area contributed by atoms with Crippen LogP contribution in [0.25, 0.3) is 66.2 Å². The van der Waals surface area contributed by atoms with E-state index in [2.05, 4.69) is 137 Å². The standard InChI is InChI=1S/C35H23N3/c1-3-12-24(13-4-1)37-32-22-8-7-16-26(32)27-17-9-18-28(33(27)37)29-19-10-20-30-31-21-11-23-36-35(31)38(34(29)30)25-14-5-2-6-15-25/h1-23H. The number of hydrogen-bond acceptors (Lipinski definition) is 1. The van der Waals surface area contributed by atoms with Gasteiger partial charge in [0.05, 0.1) is 16.6 Å². The van der Waals surface area contributed by atoms with Crippen molar-refractivity contribution >= 4 is 43.7 Å². The van der Waals surface area contributed by atoms with Gasteiger partial charge in [-0.3, -0.25) is 4.57 Å². The second-order valence-electron chi connectivity index (χ2n) is 9.64. The molecule has 3 aromatic heterocycles. The van der Waals surface area contributed by atoms with Crippen molar-refractivity contribution in [3.8, 4) is 22.5 Å². The number of rotatable bonds is 3. The van der Waals surface area contributed by atoms with E-state index >= 15 is 0 Å². The van der Waals surface area contributed by atoms with Gasteiger partial charge in [-0.25, -0.2) is 4.98 Å². The topological polar surface area (TPSA) is 22.8 Å². The molecule has 3 heterocycles. The molecule has 0 spiro atoms. The fraction of sp³-hybridized carbons (Fsp3) is 0. The molecule has 178 valence electrons. The van der Waals surface area contributed by atoms with Crippen LogP contribution in [-0.4, -0.2) is 14.1 Å². The highest BCUT2D eigenvalue weighted by Crippen LogP contribution is 2.42. The molecule has 8 aromatic rings. The Morgan fingerprint density at radius 2 is 0.921 bits per heavy atom. The summed E-state index contributed by atoms with van der Waals surface area (Å²) in [6.07, 6.45) is 1.88. The Kier molecular flexibility index (Phi) is 4.52. The lowest BCUT2D eigenvalue weighted by Gasteiger charge is -2.14. The molecule has 8 rings (SSSR count). The van der Waals surface area contributed by atoms with Crippen LogP contribution in [0.5, 0.6) is 0 Å². The van der Waals surface area contributed by atoms with Crippen LogP contribution in [0.4, 0.5) is 0 Å². The lowest BCUT2D eigenvalue weighted by molar-refractivity contribution is 1.14. The third kappa shape index (κ3) is 2.93. The second kappa shape index (κ2) is 8.19. The van der Waals surface area contributed by atoms with E-state index in [1.807, 2.05) is 12.3 Å². The van der Waals surface area contributed by atoms with Gasteiger partial charge in [0.1, 0.15) is 5.65 Å². The van der Waals surface area contributed by atoms with Crippen molar-refractivity contribution in [1.82, 2.24) is 14.1 Å². The Labute approximate surface area is 219 Å². The summed E-state index contributed by atoms with van der Waals surface area (Å²) in [7, 11) is 0. The molecule has 0 saturated carbocycles. The summed E-state index contributed by atoms with van der Waals surface area (Å²) in [5.74, 6) is 0. The van der Waals surface area contributed by atoms with Crippen molar-refractivity contribution in [3.05, 3.63) is 140 Å². The van der Waals surface area contributed by atoms with E-state index in [1.165, 1.54) is 43.8 Å². The Morgan fingerprint density at radius 1 is 0.395 bits per heavy atom. The van der Waals surface area contributed by atoms with Crippen molar-refractivity contribution in [2.75, 3.05) is 0 Å². The number of para-hydroxylation sites is 5. The summed E-state index contributed by atoms with van der Waals surface area (Å²) in [4.78, 5) is 4.85. The van der Waals surface area contributed by atoms with E-state index in [0.29, 0.717) is 0 Å². The van der Waals surface area contributed by atoms with Gasteiger partial charge in [-0.2, -0.15) is 0 Å². The first-order valence-corrected chi connectivity index (χ1v) is 12.9. The molecule has 0 atom stereocenters. The predicted octanol–water partition coefficient (Wildman–Crippen LogP) is 8.94. The number of benzene rings is 5. The fourth-order valence-corrected chi connectivity index (χ4v) is 6.02. The van der Waals surface area contributed by atoms with Crippen molar-refractivity contribution in [3.63, 3.8) is 0 Å². The maximum atomic E-state index is 4.85. The molecule has 0 bridgehead atoms. The lowest BCUT2D eigenvalue weighted by atomic mass is 9.99. The highest BCUT2D eigenvalue weighted by atomic mass is 15.0. The van der Waals surface area contributed by atoms with E-state index < -0.39 is 0 Å². The molecule has 5 aromatic carbocycles. The van der Waals surface area contributed by atoms with Gasteiger partial charge in [0.15, 0.2) is 0 Å². The zero-order valence-corrected chi connectivity index (χ0v) is 20.6. The third-order valence-corrected chi connectivity index (χ3v) is 7.56. The number of aromatic nitrogens is 3. The first-order valence-electron chi connectivity index (χ1n) is 12.9. The smallest absolute Gasteiger partial charge is 0.145 e. The predicted molar refractivity (Wildman–Crippen MR) is 158 cm³/mol. The van der Waals surface area contributed by atoms with Crippen LogP contribution >= 0.6 is 0 Å². The summed E-state index contributed by atoms with van der Waals surface area (Å²) < 4.78 is 4.72. The lowest BCUT2D eigenvalue weighted by Crippen LogP contribution is -1.98. The van der Waals surface area contributed by atoms with E-state index in [4.69, 9.17) is 4.98 Å². The zero-order valence-electron chi connectivity index (χ0n) is 20.6. The summed E-state index contributed by atoms with van der Waals surface area (Å²) in [6, 6.07) is 47.5. The van der Waals surface area contributed by atoms with Crippen molar-refractivity contribution in [2.45, 2.75) is 0 Å². The maximum Gasteiger partial charge on any atom is 0.145 e. The van der Waals surface area contributed by atoms with Gasteiger partial charge in [-0.15, -0.1) is 0 Å². The minimum Gasteiger partial charge on any atom is -0.309 e. The third-order valence-electron chi connectivity index (χ3n) is 7.56. The molecule has 0 N–H and O–H groups in total. The monoisotopic (exact) mass is 485 g/mol. The van der Waals surface area contributed by atoms with Gasteiger partial charge in [-0.05, 0) is 42.5 Å². The minimum atomic E-state index is 0.969. The van der Waals surface area contributed by atoms with Gasteiger partial charge in [-0.1, -0.05) is 91.0 Å². The van der Waals surface area contributed by atoms with Gasteiger partial charge < -0.3 is 4.57 Å². The quantitative estimate of drug-likeness (QED) is 0.245. The normalized spacial score (nSPS) is 11.7. The molecule has 38 heavy (non-hydrogen) atoms. The SMILES string of the molecule is c1ccc(-n2c3ccccc3c3cccc(-c4cccc5c6cccnc6n(-c6ccccc6)c45)c32)cc1. The van der Waals surface area contributed by atoms with E-state index in [1.54, 1.807) is 0 Å². The molecule has 0 amide bonds. The zero-order chi connectivity index (χ0) is 25.1. The molecule has 0 aliphatic carbocycles. The molecule has 0 radical (unpaired) electrons. The largest absolute Gasteiger partial charge is 0.309 e. The maximum absolute atomic E-state index is 4.85. The van der Waals surface area contributed by atoms with Crippen LogP contribution < -0.4 is 0 Å². The Hall–Kier alpha value is -5.15. The summed E-state index contributed by atoms with van der Waals surface area (Å²) in [6.45, 7) is 0. The van der Waals surface area contributed by atoms with E-state index in [-0.39, 0.29) is 0 Å². The van der Waals surface area contributed by atoms with Crippen LogP contribution in [0.15, 0.2) is 140 Å². The number of hydrogen-bond donors (Lipinski definition) is 0. The van der Waals surface area contributed by atoms with Crippen molar-refractivity contribution in [2.24, 2.45) is 0 Å². The first-order chi connectivity index (χ1) is 18.9. The molecule has 3 heteroatoms. The number of fused-ring (bicyclic) bond motifs is 6. The van der Waals surface area contributed by atoms with Gasteiger partial charge in [0.2, 0.25) is 0 Å². The molecule has 3 nitrogen and oxygen atoms in total. The average Bonchev–Trinajstić information content (AvgIpc) is 3.51. The van der Waals surface area contributed by atoms with Crippen LogP contribution in [0.3, 0.4) is 0 Å². The van der Waals surface area contributed by atoms with Gasteiger partial charge in [0, 0.05) is 50.2 Å². The average molecular weight is 486 g/mol. The number of nitrogens with zero attached hydrogens (tertiary/aromatic N) is 3. The van der Waals surface area contributed by atoms with E-state index in [0.717, 1.165) is 22.4 Å². The highest BCUT2D eigenvalue weighted by Gasteiger charge is 2.21. The summed E-state index contributed by atoms with van der Waals surface area (Å²) in [5.41, 5.74) is 9.21. The van der Waals surface area contributed by atoms with Crippen molar-refractivity contribution in [1.29, 1.82) is 0 Å². The molecule has 0 aliphatic rings. The molecule has 0 unspecified atom stereocenters. The molecule has 0 aliphatic heterocycles. The Bertz CT molecular complexity index is 1960. The van der Waals surface area contributed by atoms with Gasteiger partial charge in [0.25, 0.3) is 0 Å². The highest BCUT2D eigenvalue weighted by molar-refractivity contribution is 6.18. The summed E-state index contributed by atoms with van der Waals surface area (Å²) in [5, 5.41) is 4.86. The minimum absolute atomic E-state index is 0.969. The Morgan fingerprint density at radius 3 is 1.63 bits per heavy atom. The molecular formula is C35H23N3. The Balaban J connectivity index is 1.57. The number of pyridine rings is 1. The van der Waals surface area contributed by atoms with Gasteiger partial charge >= 0.3 is 0 Å².